The smallest absolute Gasteiger partial charge is 0.156 e. The Hall–Kier alpha value is 0.370. The maximum Gasteiger partial charge on any atom is 0.156 e. The molecule has 0 N–H and O–H groups in total. The van der Waals surface area contributed by atoms with Crippen LogP contribution in [0.25, 0.3) is 0 Å². The van der Waals surface area contributed by atoms with Crippen LogP contribution in [0.15, 0.2) is 16.6 Å². The zero-order valence-electron chi connectivity index (χ0n) is 7.20. The summed E-state index contributed by atoms with van der Waals surface area (Å²) in [6.07, 6.45) is 0.768. The van der Waals surface area contributed by atoms with Crippen molar-refractivity contribution < 1.29 is 4.74 Å². The lowest BCUT2D eigenvalue weighted by Gasteiger charge is -2.09. The number of alkyl halides is 1. The summed E-state index contributed by atoms with van der Waals surface area (Å²) in [5.41, 5.74) is 0. The normalized spacial score (nSPS) is 10.3. The molecule has 1 nitrogen and oxygen atoms in total. The zero-order valence-corrected chi connectivity index (χ0v) is 11.0. The predicted octanol–water partition coefficient (Wildman–Crippen LogP) is 4.76. The molecule has 0 heterocycles. The third-order valence-electron chi connectivity index (χ3n) is 1.49. The minimum Gasteiger partial charge on any atom is -0.490 e. The molecule has 0 atom stereocenters. The van der Waals surface area contributed by atoms with Crippen LogP contribution in [-0.2, 0) is 0 Å². The molecule has 0 saturated heterocycles. The quantitative estimate of drug-likeness (QED) is 0.574. The molecule has 1 rings (SSSR count). The topological polar surface area (TPSA) is 9.23 Å². The van der Waals surface area contributed by atoms with Gasteiger partial charge in [-0.05, 0) is 18.6 Å². The highest BCUT2D eigenvalue weighted by atomic mass is 79.9. The van der Waals surface area contributed by atoms with E-state index in [1.165, 1.54) is 0 Å². The molecule has 0 aliphatic heterocycles. The molecule has 0 bridgehead atoms. The fourth-order valence-corrected chi connectivity index (χ4v) is 2.32. The summed E-state index contributed by atoms with van der Waals surface area (Å²) in [7, 11) is 0. The lowest BCUT2D eigenvalue weighted by Crippen LogP contribution is -1.98. The minimum absolute atomic E-state index is 0.499. The van der Waals surface area contributed by atoms with Crippen molar-refractivity contribution in [1.29, 1.82) is 0 Å². The minimum atomic E-state index is 0.499. The lowest BCUT2D eigenvalue weighted by atomic mass is 10.3. The standard InChI is InChI=1S/C9H8BrCl3O/c10-6-4-7(12)9(8(13)5-6)14-3-1-2-11/h4-5H,1-3H2. The van der Waals surface area contributed by atoms with Gasteiger partial charge < -0.3 is 4.74 Å². The molecule has 78 valence electrons. The summed E-state index contributed by atoms with van der Waals surface area (Å²) in [5, 5.41) is 0.998. The summed E-state index contributed by atoms with van der Waals surface area (Å²) < 4.78 is 6.22. The van der Waals surface area contributed by atoms with Gasteiger partial charge >= 0.3 is 0 Å². The van der Waals surface area contributed by atoms with Gasteiger partial charge in [0.25, 0.3) is 0 Å². The van der Waals surface area contributed by atoms with Gasteiger partial charge in [0.1, 0.15) is 0 Å². The van der Waals surface area contributed by atoms with Crippen molar-refractivity contribution in [3.05, 3.63) is 26.7 Å². The number of ether oxygens (including phenoxy) is 1. The lowest BCUT2D eigenvalue weighted by molar-refractivity contribution is 0.318. The fourth-order valence-electron chi connectivity index (χ4n) is 0.896. The molecule has 0 radical (unpaired) electrons. The summed E-state index contributed by atoms with van der Waals surface area (Å²) in [4.78, 5) is 0. The fraction of sp³-hybridized carbons (Fsp3) is 0.333. The third-order valence-corrected chi connectivity index (χ3v) is 2.77. The molecule has 0 unspecified atom stereocenters. The molecule has 0 aromatic heterocycles. The molecule has 0 aliphatic rings. The molecule has 0 spiro atoms. The van der Waals surface area contributed by atoms with Crippen LogP contribution in [0.5, 0.6) is 5.75 Å². The largest absolute Gasteiger partial charge is 0.490 e. The third kappa shape index (κ3) is 3.50. The molecule has 0 fully saturated rings. The Morgan fingerprint density at radius 1 is 1.21 bits per heavy atom. The summed E-state index contributed by atoms with van der Waals surface area (Å²) in [5.74, 6) is 1.08. The second-order valence-corrected chi connectivity index (χ2v) is 4.70. The van der Waals surface area contributed by atoms with E-state index in [1.807, 2.05) is 0 Å². The molecule has 5 heteroatoms. The first-order valence-electron chi connectivity index (χ1n) is 3.98. The van der Waals surface area contributed by atoms with Gasteiger partial charge in [0.05, 0.1) is 16.7 Å². The van der Waals surface area contributed by atoms with Crippen LogP contribution in [0.3, 0.4) is 0 Å². The van der Waals surface area contributed by atoms with Crippen LogP contribution in [0.2, 0.25) is 10.0 Å². The summed E-state index contributed by atoms with van der Waals surface area (Å²) >= 11 is 20.7. The molecule has 1 aromatic rings. The molecule has 14 heavy (non-hydrogen) atoms. The van der Waals surface area contributed by atoms with E-state index in [0.29, 0.717) is 28.3 Å². The Morgan fingerprint density at radius 3 is 2.29 bits per heavy atom. The van der Waals surface area contributed by atoms with E-state index in [1.54, 1.807) is 12.1 Å². The van der Waals surface area contributed by atoms with Gasteiger partial charge in [-0.2, -0.15) is 0 Å². The number of hydrogen-bond donors (Lipinski definition) is 0. The molecule has 0 aliphatic carbocycles. The van der Waals surface area contributed by atoms with E-state index in [0.717, 1.165) is 10.9 Å². The van der Waals surface area contributed by atoms with E-state index in [4.69, 9.17) is 39.5 Å². The van der Waals surface area contributed by atoms with Crippen LogP contribution in [0.1, 0.15) is 6.42 Å². The maximum absolute atomic E-state index is 5.94. The van der Waals surface area contributed by atoms with Crippen LogP contribution < -0.4 is 4.74 Å². The SMILES string of the molecule is ClCCCOc1c(Cl)cc(Br)cc1Cl. The Morgan fingerprint density at radius 2 is 1.79 bits per heavy atom. The van der Waals surface area contributed by atoms with Gasteiger partial charge in [-0.25, -0.2) is 0 Å². The van der Waals surface area contributed by atoms with Crippen LogP contribution in [0, 0.1) is 0 Å². The number of rotatable bonds is 4. The van der Waals surface area contributed by atoms with Gasteiger partial charge in [-0.1, -0.05) is 39.1 Å². The van der Waals surface area contributed by atoms with Crippen molar-refractivity contribution >= 4 is 50.7 Å². The van der Waals surface area contributed by atoms with Gasteiger partial charge in [0.15, 0.2) is 5.75 Å². The Kier molecular flexibility index (Phi) is 5.39. The Labute approximate surface area is 106 Å². The highest BCUT2D eigenvalue weighted by Gasteiger charge is 2.08. The van der Waals surface area contributed by atoms with Crippen molar-refractivity contribution in [2.45, 2.75) is 6.42 Å². The van der Waals surface area contributed by atoms with Crippen molar-refractivity contribution in [2.75, 3.05) is 12.5 Å². The first-order chi connectivity index (χ1) is 6.65. The first-order valence-corrected chi connectivity index (χ1v) is 6.07. The van der Waals surface area contributed by atoms with E-state index < -0.39 is 0 Å². The van der Waals surface area contributed by atoms with Crippen molar-refractivity contribution in [3.8, 4) is 5.75 Å². The molecular weight excluding hydrogens is 310 g/mol. The van der Waals surface area contributed by atoms with E-state index in [2.05, 4.69) is 15.9 Å². The Balaban J connectivity index is 2.75. The molecule has 0 saturated carbocycles. The van der Waals surface area contributed by atoms with Crippen molar-refractivity contribution in [2.24, 2.45) is 0 Å². The number of halogens is 4. The average molecular weight is 318 g/mol. The Bertz CT molecular complexity index is 294. The molecule has 1 aromatic carbocycles. The number of benzene rings is 1. The molecular formula is C9H8BrCl3O. The first kappa shape index (κ1) is 12.4. The molecule has 0 amide bonds. The van der Waals surface area contributed by atoms with Crippen molar-refractivity contribution in [1.82, 2.24) is 0 Å². The van der Waals surface area contributed by atoms with Crippen LogP contribution >= 0.6 is 50.7 Å². The van der Waals surface area contributed by atoms with Gasteiger partial charge in [-0.15, -0.1) is 11.6 Å². The number of hydrogen-bond acceptors (Lipinski definition) is 1. The highest BCUT2D eigenvalue weighted by molar-refractivity contribution is 9.10. The second-order valence-electron chi connectivity index (χ2n) is 2.59. The van der Waals surface area contributed by atoms with Crippen LogP contribution in [-0.4, -0.2) is 12.5 Å². The van der Waals surface area contributed by atoms with Gasteiger partial charge in [-0.3, -0.25) is 0 Å². The highest BCUT2D eigenvalue weighted by Crippen LogP contribution is 2.35. The van der Waals surface area contributed by atoms with Gasteiger partial charge in [0, 0.05) is 10.4 Å². The zero-order chi connectivity index (χ0) is 10.6. The van der Waals surface area contributed by atoms with E-state index >= 15 is 0 Å². The monoisotopic (exact) mass is 316 g/mol. The summed E-state index contributed by atoms with van der Waals surface area (Å²) in [6.45, 7) is 0.518. The summed E-state index contributed by atoms with van der Waals surface area (Å²) in [6, 6.07) is 3.48. The van der Waals surface area contributed by atoms with E-state index in [-0.39, 0.29) is 0 Å². The van der Waals surface area contributed by atoms with Crippen LogP contribution in [0.4, 0.5) is 0 Å². The second kappa shape index (κ2) is 6.06. The van der Waals surface area contributed by atoms with Gasteiger partial charge in [0.2, 0.25) is 0 Å². The van der Waals surface area contributed by atoms with Crippen molar-refractivity contribution in [3.63, 3.8) is 0 Å². The predicted molar refractivity (Wildman–Crippen MR) is 65.0 cm³/mol. The maximum atomic E-state index is 5.94. The van der Waals surface area contributed by atoms with E-state index in [9.17, 15) is 0 Å². The average Bonchev–Trinajstić information content (AvgIpc) is 2.09.